The Morgan fingerprint density at radius 2 is 1.71 bits per heavy atom. The standard InChI is InChI=1S/C18H16Cl3FN2O3S/c19-12-1-3-14(20)17(9-12)28(26,27)24-7-5-11(6-8-24)18(25)23-16-4-2-13(22)10-15(16)21/h1-4,9-11H,5-8H2,(H,23,25). The number of carbonyl (C=O) groups excluding carboxylic acids is 1. The van der Waals surface area contributed by atoms with Crippen LogP contribution in [0, 0.1) is 11.7 Å². The zero-order chi connectivity index (χ0) is 20.5. The predicted molar refractivity (Wildman–Crippen MR) is 108 cm³/mol. The third-order valence-electron chi connectivity index (χ3n) is 4.52. The van der Waals surface area contributed by atoms with Gasteiger partial charge in [0.15, 0.2) is 0 Å². The molecule has 1 amide bonds. The van der Waals surface area contributed by atoms with Crippen molar-refractivity contribution < 1.29 is 17.6 Å². The zero-order valence-electron chi connectivity index (χ0n) is 14.5. The summed E-state index contributed by atoms with van der Waals surface area (Å²) in [7, 11) is -3.81. The van der Waals surface area contributed by atoms with Crippen molar-refractivity contribution in [3.8, 4) is 0 Å². The van der Waals surface area contributed by atoms with Crippen LogP contribution in [0.3, 0.4) is 0 Å². The summed E-state index contributed by atoms with van der Waals surface area (Å²) in [6.07, 6.45) is 0.671. The summed E-state index contributed by atoms with van der Waals surface area (Å²) in [6.45, 7) is 0.334. The van der Waals surface area contributed by atoms with Crippen molar-refractivity contribution in [1.29, 1.82) is 0 Å². The average molecular weight is 466 g/mol. The smallest absolute Gasteiger partial charge is 0.244 e. The maximum absolute atomic E-state index is 13.1. The van der Waals surface area contributed by atoms with Gasteiger partial charge in [0.25, 0.3) is 0 Å². The molecule has 1 saturated heterocycles. The molecule has 0 bridgehead atoms. The van der Waals surface area contributed by atoms with Crippen LogP contribution < -0.4 is 5.32 Å². The molecule has 150 valence electrons. The molecule has 1 aliphatic heterocycles. The fourth-order valence-electron chi connectivity index (χ4n) is 3.00. The van der Waals surface area contributed by atoms with Gasteiger partial charge in [-0.05, 0) is 49.2 Å². The lowest BCUT2D eigenvalue weighted by Crippen LogP contribution is -2.41. The predicted octanol–water partition coefficient (Wildman–Crippen LogP) is 4.83. The van der Waals surface area contributed by atoms with Crippen molar-refractivity contribution in [2.24, 2.45) is 5.92 Å². The van der Waals surface area contributed by atoms with E-state index in [1.54, 1.807) is 0 Å². The SMILES string of the molecule is O=C(Nc1ccc(F)cc1Cl)C1CCN(S(=O)(=O)c2cc(Cl)ccc2Cl)CC1. The molecule has 0 spiro atoms. The number of hydrogen-bond donors (Lipinski definition) is 1. The first-order valence-corrected chi connectivity index (χ1v) is 11.0. The second-order valence-corrected chi connectivity index (χ2v) is 9.52. The molecule has 1 heterocycles. The topological polar surface area (TPSA) is 66.5 Å². The van der Waals surface area contributed by atoms with Gasteiger partial charge in [0.2, 0.25) is 15.9 Å². The van der Waals surface area contributed by atoms with E-state index in [0.717, 1.165) is 6.07 Å². The van der Waals surface area contributed by atoms with Gasteiger partial charge in [0.1, 0.15) is 10.7 Å². The molecule has 10 heteroatoms. The Morgan fingerprint density at radius 1 is 1.04 bits per heavy atom. The summed E-state index contributed by atoms with van der Waals surface area (Å²) >= 11 is 17.9. The molecule has 0 radical (unpaired) electrons. The average Bonchev–Trinajstić information content (AvgIpc) is 2.66. The van der Waals surface area contributed by atoms with E-state index >= 15 is 0 Å². The van der Waals surface area contributed by atoms with E-state index in [1.165, 1.54) is 34.6 Å². The highest BCUT2D eigenvalue weighted by molar-refractivity contribution is 7.89. The Balaban J connectivity index is 1.66. The third-order valence-corrected chi connectivity index (χ3v) is 7.45. The minimum Gasteiger partial charge on any atom is -0.325 e. The van der Waals surface area contributed by atoms with Crippen molar-refractivity contribution in [3.05, 3.63) is 57.3 Å². The minimum absolute atomic E-state index is 0.0531. The van der Waals surface area contributed by atoms with Crippen molar-refractivity contribution >= 4 is 56.4 Å². The van der Waals surface area contributed by atoms with Crippen molar-refractivity contribution in [2.45, 2.75) is 17.7 Å². The molecule has 1 N–H and O–H groups in total. The molecule has 1 aliphatic rings. The fourth-order valence-corrected chi connectivity index (χ4v) is 5.42. The molecule has 28 heavy (non-hydrogen) atoms. The number of piperidine rings is 1. The molecule has 2 aromatic carbocycles. The van der Waals surface area contributed by atoms with Gasteiger partial charge in [-0.2, -0.15) is 4.31 Å². The van der Waals surface area contributed by atoms with Crippen LogP contribution in [0.4, 0.5) is 10.1 Å². The van der Waals surface area contributed by atoms with Crippen LogP contribution in [-0.2, 0) is 14.8 Å². The summed E-state index contributed by atoms with van der Waals surface area (Å²) in [5, 5.41) is 3.13. The Morgan fingerprint density at radius 3 is 2.36 bits per heavy atom. The molecule has 5 nitrogen and oxygen atoms in total. The van der Waals surface area contributed by atoms with Gasteiger partial charge in [-0.25, -0.2) is 12.8 Å². The van der Waals surface area contributed by atoms with Gasteiger partial charge in [-0.3, -0.25) is 4.79 Å². The number of rotatable bonds is 4. The summed E-state index contributed by atoms with van der Waals surface area (Å²) in [5.74, 6) is -1.17. The Hall–Kier alpha value is -1.38. The van der Waals surface area contributed by atoms with Gasteiger partial charge in [-0.15, -0.1) is 0 Å². The van der Waals surface area contributed by atoms with Gasteiger partial charge in [0, 0.05) is 24.0 Å². The molecular formula is C18H16Cl3FN2O3S. The lowest BCUT2D eigenvalue weighted by molar-refractivity contribution is -0.120. The van der Waals surface area contributed by atoms with E-state index in [4.69, 9.17) is 34.8 Å². The first kappa shape index (κ1) is 21.3. The largest absolute Gasteiger partial charge is 0.325 e. The highest BCUT2D eigenvalue weighted by atomic mass is 35.5. The van der Waals surface area contributed by atoms with Crippen LogP contribution in [0.1, 0.15) is 12.8 Å². The van der Waals surface area contributed by atoms with E-state index in [1.807, 2.05) is 0 Å². The number of sulfonamides is 1. The molecule has 0 saturated carbocycles. The van der Waals surface area contributed by atoms with Crippen molar-refractivity contribution in [1.82, 2.24) is 4.31 Å². The Labute approximate surface area is 177 Å². The number of nitrogens with one attached hydrogen (secondary N) is 1. The van der Waals surface area contributed by atoms with Crippen LogP contribution in [-0.4, -0.2) is 31.7 Å². The van der Waals surface area contributed by atoms with Crippen LogP contribution in [0.25, 0.3) is 0 Å². The summed E-state index contributed by atoms with van der Waals surface area (Å²) in [4.78, 5) is 12.4. The summed E-state index contributed by atoms with van der Waals surface area (Å²) in [5.41, 5.74) is 0.314. The number of carbonyl (C=O) groups is 1. The molecule has 0 atom stereocenters. The maximum atomic E-state index is 13.1. The van der Waals surface area contributed by atoms with Crippen LogP contribution in [0.15, 0.2) is 41.3 Å². The second kappa shape index (κ2) is 8.55. The summed E-state index contributed by atoms with van der Waals surface area (Å²) in [6, 6.07) is 7.96. The van der Waals surface area contributed by atoms with E-state index in [9.17, 15) is 17.6 Å². The monoisotopic (exact) mass is 464 g/mol. The highest BCUT2D eigenvalue weighted by Gasteiger charge is 2.33. The van der Waals surface area contributed by atoms with E-state index in [2.05, 4.69) is 5.32 Å². The second-order valence-electron chi connectivity index (χ2n) is 6.37. The molecule has 1 fully saturated rings. The fraction of sp³-hybridized carbons (Fsp3) is 0.278. The van der Waals surface area contributed by atoms with Gasteiger partial charge < -0.3 is 5.32 Å². The number of hydrogen-bond acceptors (Lipinski definition) is 3. The quantitative estimate of drug-likeness (QED) is 0.703. The van der Waals surface area contributed by atoms with E-state index in [-0.39, 0.29) is 44.9 Å². The molecular weight excluding hydrogens is 450 g/mol. The normalized spacial score (nSPS) is 16.1. The van der Waals surface area contributed by atoms with Crippen molar-refractivity contribution in [2.75, 3.05) is 18.4 Å². The van der Waals surface area contributed by atoms with Crippen molar-refractivity contribution in [3.63, 3.8) is 0 Å². The van der Waals surface area contributed by atoms with E-state index in [0.29, 0.717) is 18.5 Å². The lowest BCUT2D eigenvalue weighted by atomic mass is 9.97. The minimum atomic E-state index is -3.81. The summed E-state index contributed by atoms with van der Waals surface area (Å²) < 4.78 is 40.1. The lowest BCUT2D eigenvalue weighted by Gasteiger charge is -2.30. The molecule has 2 aromatic rings. The highest BCUT2D eigenvalue weighted by Crippen LogP contribution is 2.31. The molecule has 0 aliphatic carbocycles. The molecule has 0 aromatic heterocycles. The number of nitrogens with zero attached hydrogens (tertiary/aromatic N) is 1. The maximum Gasteiger partial charge on any atom is 0.244 e. The number of halogens is 4. The first-order chi connectivity index (χ1) is 13.2. The van der Waals surface area contributed by atoms with Gasteiger partial charge in [-0.1, -0.05) is 34.8 Å². The molecule has 3 rings (SSSR count). The first-order valence-electron chi connectivity index (χ1n) is 8.39. The van der Waals surface area contributed by atoms with Crippen LogP contribution in [0.2, 0.25) is 15.1 Å². The third kappa shape index (κ3) is 4.60. The van der Waals surface area contributed by atoms with Crippen LogP contribution >= 0.6 is 34.8 Å². The Bertz CT molecular complexity index is 1010. The zero-order valence-corrected chi connectivity index (χ0v) is 17.5. The van der Waals surface area contributed by atoms with Gasteiger partial charge >= 0.3 is 0 Å². The van der Waals surface area contributed by atoms with Gasteiger partial charge in [0.05, 0.1) is 15.7 Å². The Kier molecular flexibility index (Phi) is 6.51. The van der Waals surface area contributed by atoms with E-state index < -0.39 is 15.8 Å². The van der Waals surface area contributed by atoms with Crippen LogP contribution in [0.5, 0.6) is 0 Å². The number of benzene rings is 2. The number of anilines is 1. The molecule has 0 unspecified atom stereocenters. The number of amides is 1.